The quantitative estimate of drug-likeness (QED) is 0.901. The van der Waals surface area contributed by atoms with Crippen molar-refractivity contribution in [3.05, 3.63) is 21.7 Å². The molecule has 4 nitrogen and oxygen atoms in total. The summed E-state index contributed by atoms with van der Waals surface area (Å²) < 4.78 is 12.2. The molecule has 1 heterocycles. The number of hydrogen-bond acceptors (Lipinski definition) is 3. The number of hydrogen-bond donors (Lipinski definition) is 1. The Bertz CT molecular complexity index is 499. The molecule has 1 aliphatic rings. The summed E-state index contributed by atoms with van der Waals surface area (Å²) in [5, 5.41) is 8.69. The molecule has 1 atom stereocenters. The average molecular weight is 329 g/mol. The van der Waals surface area contributed by atoms with E-state index in [1.54, 1.807) is 7.11 Å². The van der Waals surface area contributed by atoms with E-state index in [-0.39, 0.29) is 12.5 Å². The van der Waals surface area contributed by atoms with E-state index in [0.717, 1.165) is 33.5 Å². The summed E-state index contributed by atoms with van der Waals surface area (Å²) in [5.74, 6) is 0.776. The van der Waals surface area contributed by atoms with E-state index in [0.29, 0.717) is 12.8 Å². The van der Waals surface area contributed by atoms with Gasteiger partial charge in [-0.15, -0.1) is 0 Å². The van der Waals surface area contributed by atoms with Crippen molar-refractivity contribution < 1.29 is 19.4 Å². The first-order chi connectivity index (χ1) is 9.02. The molecule has 0 amide bonds. The molecule has 5 heteroatoms. The van der Waals surface area contributed by atoms with Gasteiger partial charge in [0.2, 0.25) is 0 Å². The van der Waals surface area contributed by atoms with E-state index in [9.17, 15) is 4.79 Å². The van der Waals surface area contributed by atoms with Crippen LogP contribution in [0.4, 0.5) is 0 Å². The smallest absolute Gasteiger partial charge is 0.303 e. The second-order valence-corrected chi connectivity index (χ2v) is 5.53. The summed E-state index contributed by atoms with van der Waals surface area (Å²) in [6, 6.07) is 1.93. The van der Waals surface area contributed by atoms with Gasteiger partial charge in [0.15, 0.2) is 11.5 Å². The summed E-state index contributed by atoms with van der Waals surface area (Å²) in [4.78, 5) is 10.6. The zero-order valence-electron chi connectivity index (χ0n) is 11.0. The summed E-state index contributed by atoms with van der Waals surface area (Å²) >= 11 is 3.61. The maximum atomic E-state index is 10.6. The summed E-state index contributed by atoms with van der Waals surface area (Å²) in [7, 11) is 1.62. The lowest BCUT2D eigenvalue weighted by molar-refractivity contribution is -0.137. The average Bonchev–Trinajstić information content (AvgIpc) is 2.74. The van der Waals surface area contributed by atoms with Crippen molar-refractivity contribution in [1.29, 1.82) is 0 Å². The molecule has 0 spiro atoms. The van der Waals surface area contributed by atoms with E-state index in [1.165, 1.54) is 0 Å². The van der Waals surface area contributed by atoms with Crippen molar-refractivity contribution >= 4 is 21.9 Å². The van der Waals surface area contributed by atoms with E-state index < -0.39 is 5.97 Å². The molecule has 1 N–H and O–H groups in total. The van der Waals surface area contributed by atoms with Gasteiger partial charge in [-0.05, 0) is 31.4 Å². The van der Waals surface area contributed by atoms with Gasteiger partial charge >= 0.3 is 5.97 Å². The van der Waals surface area contributed by atoms with Crippen LogP contribution < -0.4 is 9.47 Å². The fourth-order valence-electron chi connectivity index (χ4n) is 2.33. The van der Waals surface area contributed by atoms with Crippen LogP contribution >= 0.6 is 15.9 Å². The minimum absolute atomic E-state index is 0.148. The molecular weight excluding hydrogens is 312 g/mol. The number of methoxy groups -OCH3 is 1. The highest BCUT2D eigenvalue weighted by Crippen LogP contribution is 2.44. The Labute approximate surface area is 120 Å². The molecule has 0 bridgehead atoms. The van der Waals surface area contributed by atoms with Crippen molar-refractivity contribution in [2.75, 3.05) is 7.11 Å². The van der Waals surface area contributed by atoms with Crippen LogP contribution in [0.2, 0.25) is 0 Å². The van der Waals surface area contributed by atoms with Crippen LogP contribution in [0.5, 0.6) is 11.5 Å². The first kappa shape index (κ1) is 14.2. The maximum Gasteiger partial charge on any atom is 0.303 e. The monoisotopic (exact) mass is 328 g/mol. The fourth-order valence-corrected chi connectivity index (χ4v) is 2.99. The number of aliphatic carboxylic acids is 1. The van der Waals surface area contributed by atoms with Gasteiger partial charge in [-0.2, -0.15) is 0 Å². The van der Waals surface area contributed by atoms with Gasteiger partial charge in [0.25, 0.3) is 0 Å². The molecule has 0 radical (unpaired) electrons. The van der Waals surface area contributed by atoms with E-state index in [1.807, 2.05) is 13.0 Å². The van der Waals surface area contributed by atoms with Gasteiger partial charge in [0, 0.05) is 22.9 Å². The topological polar surface area (TPSA) is 55.8 Å². The Hall–Kier alpha value is -1.23. The summed E-state index contributed by atoms with van der Waals surface area (Å²) in [6.45, 7) is 2.02. The maximum absolute atomic E-state index is 10.6. The number of halogens is 1. The van der Waals surface area contributed by atoms with E-state index >= 15 is 0 Å². The molecule has 0 aliphatic carbocycles. The highest BCUT2D eigenvalue weighted by atomic mass is 79.9. The van der Waals surface area contributed by atoms with Crippen LogP contribution in [-0.4, -0.2) is 24.3 Å². The van der Waals surface area contributed by atoms with Crippen LogP contribution in [-0.2, 0) is 17.6 Å². The highest BCUT2D eigenvalue weighted by molar-refractivity contribution is 9.10. The largest absolute Gasteiger partial charge is 0.493 e. The normalized spacial score (nSPS) is 16.9. The Morgan fingerprint density at radius 1 is 1.63 bits per heavy atom. The fraction of sp³-hybridized carbons (Fsp3) is 0.500. The molecule has 1 unspecified atom stereocenters. The number of aryl methyl sites for hydroxylation is 1. The number of carboxylic acids is 1. The van der Waals surface area contributed by atoms with E-state index in [2.05, 4.69) is 15.9 Å². The van der Waals surface area contributed by atoms with Crippen molar-refractivity contribution in [3.8, 4) is 11.5 Å². The van der Waals surface area contributed by atoms with Crippen LogP contribution in [0.3, 0.4) is 0 Å². The molecule has 1 aromatic carbocycles. The number of carboxylic acid groups (broad SMARTS) is 1. The Morgan fingerprint density at radius 2 is 2.37 bits per heavy atom. The third-order valence-electron chi connectivity index (χ3n) is 3.22. The predicted molar refractivity (Wildman–Crippen MR) is 75.1 cm³/mol. The number of ether oxygens (including phenoxy) is 2. The Balaban J connectivity index is 2.25. The number of carbonyl (C=O) groups is 1. The molecule has 104 valence electrons. The van der Waals surface area contributed by atoms with E-state index in [4.69, 9.17) is 14.6 Å². The SMILES string of the molecule is COc1cc(CCCC(=O)O)c(Br)c2c1OC(C)C2. The summed E-state index contributed by atoms with van der Waals surface area (Å²) in [5.41, 5.74) is 2.20. The Kier molecular flexibility index (Phi) is 4.34. The number of benzene rings is 1. The molecule has 0 aromatic heterocycles. The highest BCUT2D eigenvalue weighted by Gasteiger charge is 2.27. The minimum Gasteiger partial charge on any atom is -0.493 e. The van der Waals surface area contributed by atoms with Gasteiger partial charge in [-0.1, -0.05) is 15.9 Å². The Morgan fingerprint density at radius 3 is 3.00 bits per heavy atom. The lowest BCUT2D eigenvalue weighted by Gasteiger charge is -2.12. The van der Waals surface area contributed by atoms with Gasteiger partial charge in [-0.3, -0.25) is 4.79 Å². The lowest BCUT2D eigenvalue weighted by atomic mass is 10.0. The van der Waals surface area contributed by atoms with Gasteiger partial charge in [-0.25, -0.2) is 0 Å². The third kappa shape index (κ3) is 3.03. The second kappa shape index (κ2) is 5.82. The number of fused-ring (bicyclic) bond motifs is 1. The van der Waals surface area contributed by atoms with Crippen LogP contribution in [0.25, 0.3) is 0 Å². The first-order valence-electron chi connectivity index (χ1n) is 6.29. The molecule has 0 fully saturated rings. The van der Waals surface area contributed by atoms with Crippen molar-refractivity contribution in [2.45, 2.75) is 38.7 Å². The van der Waals surface area contributed by atoms with Crippen molar-refractivity contribution in [1.82, 2.24) is 0 Å². The predicted octanol–water partition coefficient (Wildman–Crippen LogP) is 3.19. The van der Waals surface area contributed by atoms with Crippen LogP contribution in [0.15, 0.2) is 10.5 Å². The second-order valence-electron chi connectivity index (χ2n) is 4.74. The zero-order chi connectivity index (χ0) is 14.0. The number of rotatable bonds is 5. The third-order valence-corrected chi connectivity index (χ3v) is 4.21. The first-order valence-corrected chi connectivity index (χ1v) is 7.09. The summed E-state index contributed by atoms with van der Waals surface area (Å²) in [6.07, 6.45) is 2.50. The molecule has 0 saturated carbocycles. The standard InChI is InChI=1S/C14H17BrO4/c1-8-6-10-13(15)9(4-3-5-12(16)17)7-11(18-2)14(10)19-8/h7-8H,3-6H2,1-2H3,(H,16,17). The van der Waals surface area contributed by atoms with Crippen LogP contribution in [0, 0.1) is 0 Å². The molecule has 19 heavy (non-hydrogen) atoms. The van der Waals surface area contributed by atoms with Gasteiger partial charge in [0.1, 0.15) is 6.10 Å². The zero-order valence-corrected chi connectivity index (χ0v) is 12.6. The van der Waals surface area contributed by atoms with Crippen LogP contribution in [0.1, 0.15) is 30.9 Å². The van der Waals surface area contributed by atoms with Gasteiger partial charge in [0.05, 0.1) is 7.11 Å². The molecule has 1 aromatic rings. The van der Waals surface area contributed by atoms with Crippen molar-refractivity contribution in [2.24, 2.45) is 0 Å². The molecular formula is C14H17BrO4. The molecule has 2 rings (SSSR count). The van der Waals surface area contributed by atoms with Crippen molar-refractivity contribution in [3.63, 3.8) is 0 Å². The minimum atomic E-state index is -0.763. The molecule has 0 saturated heterocycles. The molecule has 1 aliphatic heterocycles. The lowest BCUT2D eigenvalue weighted by Crippen LogP contribution is -2.05. The van der Waals surface area contributed by atoms with Gasteiger partial charge < -0.3 is 14.6 Å².